The van der Waals surface area contributed by atoms with Crippen LogP contribution in [0.3, 0.4) is 0 Å². The van der Waals surface area contributed by atoms with Crippen molar-refractivity contribution >= 4 is 15.9 Å². The number of nitriles is 1. The topological polar surface area (TPSA) is 67.4 Å². The Morgan fingerprint density at radius 3 is 2.73 bits per heavy atom. The quantitative estimate of drug-likeness (QED) is 0.826. The lowest BCUT2D eigenvalue weighted by Gasteiger charge is -1.99. The van der Waals surface area contributed by atoms with Crippen LogP contribution in [0.2, 0.25) is 0 Å². The highest BCUT2D eigenvalue weighted by atomic mass is 79.9. The molecule has 0 aliphatic rings. The molecule has 0 aliphatic heterocycles. The van der Waals surface area contributed by atoms with Crippen molar-refractivity contribution in [1.29, 1.82) is 5.26 Å². The first-order chi connectivity index (χ1) is 7.31. The second-order valence-corrected chi connectivity index (χ2v) is 3.74. The largest absolute Gasteiger partial charge is 0.211 e. The van der Waals surface area contributed by atoms with Crippen molar-refractivity contribution in [1.82, 2.24) is 20.2 Å². The van der Waals surface area contributed by atoms with E-state index in [1.807, 2.05) is 30.3 Å². The van der Waals surface area contributed by atoms with Crippen LogP contribution in [0.4, 0.5) is 0 Å². The molecule has 0 atom stereocenters. The van der Waals surface area contributed by atoms with E-state index in [0.717, 1.165) is 10.0 Å². The lowest BCUT2D eigenvalue weighted by Crippen LogP contribution is -2.00. The van der Waals surface area contributed by atoms with Crippen LogP contribution in [0, 0.1) is 11.3 Å². The van der Waals surface area contributed by atoms with Crippen LogP contribution >= 0.6 is 15.9 Å². The highest BCUT2D eigenvalue weighted by Gasteiger charge is 2.07. The van der Waals surface area contributed by atoms with Crippen molar-refractivity contribution < 1.29 is 0 Å². The zero-order chi connectivity index (χ0) is 10.7. The van der Waals surface area contributed by atoms with Gasteiger partial charge in [-0.3, -0.25) is 0 Å². The molecule has 1 aromatic heterocycles. The fourth-order valence-corrected chi connectivity index (χ4v) is 1.45. The number of rotatable bonds is 2. The smallest absolute Gasteiger partial charge is 0.183 e. The SMILES string of the molecule is N#CCn1nnnc1-c1ccc(Br)cc1. The number of hydrogen-bond acceptors (Lipinski definition) is 4. The molecular weight excluding hydrogens is 258 g/mol. The third-order valence-electron chi connectivity index (χ3n) is 1.85. The molecule has 15 heavy (non-hydrogen) atoms. The van der Waals surface area contributed by atoms with E-state index in [1.165, 1.54) is 4.68 Å². The first-order valence-electron chi connectivity index (χ1n) is 4.20. The lowest BCUT2D eigenvalue weighted by atomic mass is 10.2. The molecular formula is C9H6BrN5. The van der Waals surface area contributed by atoms with Crippen LogP contribution in [-0.4, -0.2) is 20.2 Å². The third kappa shape index (κ3) is 2.02. The van der Waals surface area contributed by atoms with Crippen LogP contribution in [0.1, 0.15) is 0 Å². The number of nitrogens with zero attached hydrogens (tertiary/aromatic N) is 5. The van der Waals surface area contributed by atoms with Crippen molar-refractivity contribution in [2.45, 2.75) is 6.54 Å². The molecule has 0 saturated heterocycles. The minimum atomic E-state index is 0.151. The Morgan fingerprint density at radius 1 is 1.33 bits per heavy atom. The van der Waals surface area contributed by atoms with E-state index in [4.69, 9.17) is 5.26 Å². The minimum Gasteiger partial charge on any atom is -0.211 e. The van der Waals surface area contributed by atoms with Crippen molar-refractivity contribution in [2.75, 3.05) is 0 Å². The van der Waals surface area contributed by atoms with E-state index in [0.29, 0.717) is 5.82 Å². The summed E-state index contributed by atoms with van der Waals surface area (Å²) in [4.78, 5) is 0. The molecule has 0 bridgehead atoms. The van der Waals surface area contributed by atoms with Gasteiger partial charge in [-0.2, -0.15) is 5.26 Å². The molecule has 1 aromatic carbocycles. The number of halogens is 1. The number of aromatic nitrogens is 4. The predicted octanol–water partition coefficient (Wildman–Crippen LogP) is 1.63. The fourth-order valence-electron chi connectivity index (χ4n) is 1.18. The average Bonchev–Trinajstić information content (AvgIpc) is 2.68. The Bertz CT molecular complexity index is 496. The van der Waals surface area contributed by atoms with Crippen LogP contribution in [0.15, 0.2) is 28.7 Å². The van der Waals surface area contributed by atoms with Crippen LogP contribution in [-0.2, 0) is 6.54 Å². The van der Waals surface area contributed by atoms with Gasteiger partial charge < -0.3 is 0 Å². The van der Waals surface area contributed by atoms with Gasteiger partial charge in [0.25, 0.3) is 0 Å². The predicted molar refractivity (Wildman–Crippen MR) is 56.6 cm³/mol. The van der Waals surface area contributed by atoms with Gasteiger partial charge in [0.2, 0.25) is 0 Å². The summed E-state index contributed by atoms with van der Waals surface area (Å²) in [5.41, 5.74) is 0.887. The molecule has 74 valence electrons. The van der Waals surface area contributed by atoms with Crippen molar-refractivity contribution in [2.24, 2.45) is 0 Å². The molecule has 6 heteroatoms. The van der Waals surface area contributed by atoms with Crippen molar-refractivity contribution in [3.8, 4) is 17.5 Å². The summed E-state index contributed by atoms with van der Waals surface area (Å²) in [5, 5.41) is 19.7. The van der Waals surface area contributed by atoms with Gasteiger partial charge in [-0.15, -0.1) is 5.10 Å². The fraction of sp³-hybridized carbons (Fsp3) is 0.111. The average molecular weight is 264 g/mol. The highest BCUT2D eigenvalue weighted by molar-refractivity contribution is 9.10. The maximum absolute atomic E-state index is 8.58. The van der Waals surface area contributed by atoms with Crippen molar-refractivity contribution in [3.63, 3.8) is 0 Å². The second-order valence-electron chi connectivity index (χ2n) is 2.83. The molecule has 0 N–H and O–H groups in total. The summed E-state index contributed by atoms with van der Waals surface area (Å²) in [6.07, 6.45) is 0. The highest BCUT2D eigenvalue weighted by Crippen LogP contribution is 2.18. The number of benzene rings is 1. The van der Waals surface area contributed by atoms with Gasteiger partial charge >= 0.3 is 0 Å². The molecule has 0 amide bonds. The van der Waals surface area contributed by atoms with Gasteiger partial charge in [-0.25, -0.2) is 4.68 Å². The molecule has 2 aromatic rings. The van der Waals surface area contributed by atoms with Gasteiger partial charge in [0.15, 0.2) is 5.82 Å². The van der Waals surface area contributed by atoms with Gasteiger partial charge in [0.05, 0.1) is 6.07 Å². The van der Waals surface area contributed by atoms with Crippen molar-refractivity contribution in [3.05, 3.63) is 28.7 Å². The van der Waals surface area contributed by atoms with Gasteiger partial charge in [-0.1, -0.05) is 28.1 Å². The zero-order valence-corrected chi connectivity index (χ0v) is 9.22. The summed E-state index contributed by atoms with van der Waals surface area (Å²) in [5.74, 6) is 0.601. The Morgan fingerprint density at radius 2 is 2.07 bits per heavy atom. The standard InChI is InChI=1S/C9H6BrN5/c10-8-3-1-7(2-4-8)9-12-13-14-15(9)6-5-11/h1-4H,6H2. The molecule has 1 heterocycles. The Labute approximate surface area is 94.5 Å². The minimum absolute atomic E-state index is 0.151. The van der Waals surface area contributed by atoms with E-state index in [9.17, 15) is 0 Å². The van der Waals surface area contributed by atoms with Gasteiger partial charge in [-0.05, 0) is 22.6 Å². The van der Waals surface area contributed by atoms with Gasteiger partial charge in [0.1, 0.15) is 6.54 Å². The summed E-state index contributed by atoms with van der Waals surface area (Å²) in [7, 11) is 0. The summed E-state index contributed by atoms with van der Waals surface area (Å²) in [6.45, 7) is 0.151. The molecule has 0 unspecified atom stereocenters. The summed E-state index contributed by atoms with van der Waals surface area (Å²) in [6, 6.07) is 9.59. The molecule has 0 fully saturated rings. The monoisotopic (exact) mass is 263 g/mol. The lowest BCUT2D eigenvalue weighted by molar-refractivity contribution is 0.671. The third-order valence-corrected chi connectivity index (χ3v) is 2.38. The Hall–Kier alpha value is -1.74. The molecule has 0 spiro atoms. The van der Waals surface area contributed by atoms with Crippen LogP contribution < -0.4 is 0 Å². The Balaban J connectivity index is 2.41. The van der Waals surface area contributed by atoms with E-state index >= 15 is 0 Å². The van der Waals surface area contributed by atoms with E-state index in [-0.39, 0.29) is 6.54 Å². The zero-order valence-electron chi connectivity index (χ0n) is 7.63. The summed E-state index contributed by atoms with van der Waals surface area (Å²) < 4.78 is 2.45. The van der Waals surface area contributed by atoms with Crippen LogP contribution in [0.25, 0.3) is 11.4 Å². The van der Waals surface area contributed by atoms with Crippen LogP contribution in [0.5, 0.6) is 0 Å². The maximum atomic E-state index is 8.58. The normalized spacial score (nSPS) is 9.87. The van der Waals surface area contributed by atoms with E-state index < -0.39 is 0 Å². The molecule has 0 aliphatic carbocycles. The van der Waals surface area contributed by atoms with Gasteiger partial charge in [0, 0.05) is 10.0 Å². The maximum Gasteiger partial charge on any atom is 0.183 e. The van der Waals surface area contributed by atoms with E-state index in [1.54, 1.807) is 0 Å². The summed E-state index contributed by atoms with van der Waals surface area (Å²) >= 11 is 3.35. The first-order valence-corrected chi connectivity index (χ1v) is 4.99. The molecule has 5 nitrogen and oxygen atoms in total. The second kappa shape index (κ2) is 4.19. The Kier molecular flexibility index (Phi) is 2.74. The van der Waals surface area contributed by atoms with E-state index in [2.05, 4.69) is 31.5 Å². The molecule has 0 saturated carbocycles. The molecule has 2 rings (SSSR count). The number of tetrazole rings is 1. The first kappa shape index (κ1) is 9.80. The number of hydrogen-bond donors (Lipinski definition) is 0. The molecule has 0 radical (unpaired) electrons.